The van der Waals surface area contributed by atoms with Crippen LogP contribution in [0.1, 0.15) is 76.8 Å². The number of nitrogens with one attached hydrogen (secondary N) is 3. The minimum absolute atomic E-state index is 0.0601. The predicted octanol–water partition coefficient (Wildman–Crippen LogP) is 5.14. The highest BCUT2D eigenvalue weighted by Crippen LogP contribution is 2.33. The maximum atomic E-state index is 12.7. The molecule has 3 N–H and O–H groups in total. The number of benzene rings is 1. The zero-order valence-corrected chi connectivity index (χ0v) is 23.2. The number of nitrogens with zero attached hydrogens (tertiary/aromatic N) is 3. The van der Waals surface area contributed by atoms with Crippen LogP contribution >= 0.6 is 0 Å². The van der Waals surface area contributed by atoms with Crippen molar-refractivity contribution in [2.75, 3.05) is 13.1 Å². The molecule has 2 fully saturated rings. The van der Waals surface area contributed by atoms with Crippen molar-refractivity contribution < 1.29 is 14.3 Å². The van der Waals surface area contributed by atoms with E-state index in [1.807, 2.05) is 46.0 Å². The number of pyridine rings is 1. The quantitative estimate of drug-likeness (QED) is 0.407. The number of carbonyl (C=O) groups is 2. The molecule has 2 aromatic heterocycles. The van der Waals surface area contributed by atoms with E-state index >= 15 is 0 Å². The van der Waals surface area contributed by atoms with Gasteiger partial charge in [0.25, 0.3) is 0 Å². The fourth-order valence-corrected chi connectivity index (χ4v) is 5.22. The molecular weight excluding hydrogens is 492 g/mol. The van der Waals surface area contributed by atoms with Crippen LogP contribution in [0.2, 0.25) is 0 Å². The van der Waals surface area contributed by atoms with E-state index in [0.717, 1.165) is 66.1 Å². The molecule has 3 aromatic rings. The lowest BCUT2D eigenvalue weighted by Gasteiger charge is -2.27. The minimum Gasteiger partial charge on any atom is -0.444 e. The largest absolute Gasteiger partial charge is 0.444 e. The van der Waals surface area contributed by atoms with Gasteiger partial charge in [0.15, 0.2) is 0 Å². The Morgan fingerprint density at radius 3 is 2.46 bits per heavy atom. The Hall–Kier alpha value is -3.72. The Labute approximate surface area is 229 Å². The first kappa shape index (κ1) is 26.9. The molecule has 5 rings (SSSR count). The summed E-state index contributed by atoms with van der Waals surface area (Å²) < 4.78 is 5.59. The van der Waals surface area contributed by atoms with Gasteiger partial charge in [-0.15, -0.1) is 0 Å². The van der Waals surface area contributed by atoms with E-state index in [1.165, 1.54) is 0 Å². The zero-order chi connectivity index (χ0) is 27.6. The lowest BCUT2D eigenvalue weighted by molar-refractivity contribution is -0.123. The second kappa shape index (κ2) is 11.2. The van der Waals surface area contributed by atoms with Crippen molar-refractivity contribution in [1.82, 2.24) is 30.5 Å². The third-order valence-electron chi connectivity index (χ3n) is 7.31. The highest BCUT2D eigenvalue weighted by Gasteiger charge is 2.35. The number of ether oxygens (including phenoxy) is 1. The van der Waals surface area contributed by atoms with Crippen LogP contribution in [-0.2, 0) is 9.53 Å². The first-order valence-electron chi connectivity index (χ1n) is 13.8. The average Bonchev–Trinajstić information content (AvgIpc) is 3.69. The van der Waals surface area contributed by atoms with Crippen LogP contribution in [0.15, 0.2) is 48.8 Å². The molecule has 0 bridgehead atoms. The SMILES string of the molecule is C[C@H](NC(=O)[C@@H]1CCCN1)c1ccc(-c2ccc(-c3cnc([C@@H]4CCCN4C(=O)OC(C)(C)C)[nH]3)nc2)cc1. The second-order valence-corrected chi connectivity index (χ2v) is 11.4. The fourth-order valence-electron chi connectivity index (χ4n) is 5.22. The smallest absolute Gasteiger partial charge is 0.410 e. The fraction of sp³-hybridized carbons (Fsp3) is 0.467. The number of carbonyl (C=O) groups excluding carboxylic acids is 2. The Bertz CT molecular complexity index is 1290. The molecule has 0 saturated carbocycles. The van der Waals surface area contributed by atoms with Gasteiger partial charge >= 0.3 is 6.09 Å². The van der Waals surface area contributed by atoms with Gasteiger partial charge in [0.2, 0.25) is 5.91 Å². The van der Waals surface area contributed by atoms with E-state index < -0.39 is 5.60 Å². The van der Waals surface area contributed by atoms with E-state index in [1.54, 1.807) is 11.1 Å². The van der Waals surface area contributed by atoms with E-state index in [-0.39, 0.29) is 30.1 Å². The molecule has 39 heavy (non-hydrogen) atoms. The molecule has 0 radical (unpaired) electrons. The lowest BCUT2D eigenvalue weighted by Crippen LogP contribution is -2.41. The second-order valence-electron chi connectivity index (χ2n) is 11.4. The van der Waals surface area contributed by atoms with Crippen LogP contribution in [0.25, 0.3) is 22.5 Å². The van der Waals surface area contributed by atoms with Crippen molar-refractivity contribution in [3.8, 4) is 22.5 Å². The van der Waals surface area contributed by atoms with Crippen molar-refractivity contribution in [2.24, 2.45) is 0 Å². The van der Waals surface area contributed by atoms with Gasteiger partial charge < -0.3 is 20.4 Å². The number of rotatable bonds is 6. The first-order valence-corrected chi connectivity index (χ1v) is 13.8. The number of aromatic nitrogens is 3. The summed E-state index contributed by atoms with van der Waals surface area (Å²) >= 11 is 0. The van der Waals surface area contributed by atoms with Crippen molar-refractivity contribution in [3.63, 3.8) is 0 Å². The molecule has 2 aliphatic rings. The zero-order valence-electron chi connectivity index (χ0n) is 23.2. The third kappa shape index (κ3) is 6.30. The van der Waals surface area contributed by atoms with Gasteiger partial charge in [-0.3, -0.25) is 14.7 Å². The lowest BCUT2D eigenvalue weighted by atomic mass is 10.0. The standard InChI is InChI=1S/C30H38N6O3/c1-19(34-28(37)24-7-5-15-31-24)20-9-11-21(12-10-20)22-13-14-23(32-17-22)25-18-33-27(35-25)26-8-6-16-36(26)29(38)39-30(2,3)4/h9-14,17-19,24,26,31H,5-8,15-16H2,1-4H3,(H,33,35)(H,34,37)/t19-,24-,26-/m0/s1. The van der Waals surface area contributed by atoms with E-state index in [4.69, 9.17) is 4.74 Å². The van der Waals surface area contributed by atoms with Crippen LogP contribution in [-0.4, -0.2) is 56.6 Å². The van der Waals surface area contributed by atoms with Gasteiger partial charge in [-0.2, -0.15) is 0 Å². The summed E-state index contributed by atoms with van der Waals surface area (Å²) in [7, 11) is 0. The Morgan fingerprint density at radius 2 is 1.79 bits per heavy atom. The van der Waals surface area contributed by atoms with Crippen LogP contribution < -0.4 is 10.6 Å². The average molecular weight is 531 g/mol. The number of likely N-dealkylation sites (tertiary alicyclic amines) is 1. The molecule has 206 valence electrons. The van der Waals surface area contributed by atoms with Crippen molar-refractivity contribution in [1.29, 1.82) is 0 Å². The molecule has 2 amide bonds. The Kier molecular flexibility index (Phi) is 7.70. The van der Waals surface area contributed by atoms with E-state index in [2.05, 4.69) is 49.9 Å². The molecule has 2 aliphatic heterocycles. The number of amides is 2. The maximum Gasteiger partial charge on any atom is 0.410 e. The summed E-state index contributed by atoms with van der Waals surface area (Å²) in [5.74, 6) is 0.816. The van der Waals surface area contributed by atoms with Gasteiger partial charge in [0, 0.05) is 18.3 Å². The topological polar surface area (TPSA) is 112 Å². The number of aromatic amines is 1. The molecule has 0 spiro atoms. The summed E-state index contributed by atoms with van der Waals surface area (Å²) in [5, 5.41) is 6.36. The number of H-pyrrole nitrogens is 1. The molecule has 1 aromatic carbocycles. The highest BCUT2D eigenvalue weighted by molar-refractivity contribution is 5.82. The highest BCUT2D eigenvalue weighted by atomic mass is 16.6. The van der Waals surface area contributed by atoms with Crippen molar-refractivity contribution >= 4 is 12.0 Å². The summed E-state index contributed by atoms with van der Waals surface area (Å²) in [6.45, 7) is 9.20. The third-order valence-corrected chi connectivity index (χ3v) is 7.31. The first-order chi connectivity index (χ1) is 18.7. The molecule has 9 nitrogen and oxygen atoms in total. The Balaban J connectivity index is 1.22. The van der Waals surface area contributed by atoms with Crippen LogP contribution in [0.3, 0.4) is 0 Å². The van der Waals surface area contributed by atoms with Crippen molar-refractivity contribution in [2.45, 2.75) is 77.1 Å². The summed E-state index contributed by atoms with van der Waals surface area (Å²) in [4.78, 5) is 39.5. The number of hydrogen-bond acceptors (Lipinski definition) is 6. The Morgan fingerprint density at radius 1 is 1.03 bits per heavy atom. The molecular formula is C30H38N6O3. The van der Waals surface area contributed by atoms with Crippen LogP contribution in [0.4, 0.5) is 4.79 Å². The van der Waals surface area contributed by atoms with E-state index in [0.29, 0.717) is 6.54 Å². The van der Waals surface area contributed by atoms with Crippen molar-refractivity contribution in [3.05, 3.63) is 60.2 Å². The maximum absolute atomic E-state index is 12.7. The van der Waals surface area contributed by atoms with Crippen LogP contribution in [0.5, 0.6) is 0 Å². The predicted molar refractivity (Wildman–Crippen MR) is 150 cm³/mol. The summed E-state index contributed by atoms with van der Waals surface area (Å²) in [6.07, 6.45) is 7.01. The normalized spacial score (nSPS) is 20.2. The van der Waals surface area contributed by atoms with Crippen LogP contribution in [0, 0.1) is 0 Å². The van der Waals surface area contributed by atoms with Gasteiger partial charge in [-0.25, -0.2) is 9.78 Å². The molecule has 4 heterocycles. The van der Waals surface area contributed by atoms with Gasteiger partial charge in [-0.1, -0.05) is 30.3 Å². The van der Waals surface area contributed by atoms with Gasteiger partial charge in [0.05, 0.1) is 35.7 Å². The minimum atomic E-state index is -0.536. The number of hydrogen-bond donors (Lipinski definition) is 3. The molecule has 2 saturated heterocycles. The van der Waals surface area contributed by atoms with E-state index in [9.17, 15) is 9.59 Å². The number of imidazole rings is 1. The summed E-state index contributed by atoms with van der Waals surface area (Å²) in [6, 6.07) is 12.0. The van der Waals surface area contributed by atoms with Gasteiger partial charge in [-0.05, 0) is 77.1 Å². The molecule has 3 atom stereocenters. The molecule has 9 heteroatoms. The monoisotopic (exact) mass is 530 g/mol. The molecule has 0 unspecified atom stereocenters. The molecule has 0 aliphatic carbocycles. The van der Waals surface area contributed by atoms with Gasteiger partial charge in [0.1, 0.15) is 11.4 Å². The summed E-state index contributed by atoms with van der Waals surface area (Å²) in [5.41, 5.74) is 4.18.